The number of unbranched alkanes of at least 4 members (excludes halogenated alkanes) is 14. The van der Waals surface area contributed by atoms with Crippen LogP contribution >= 0.6 is 0 Å². The van der Waals surface area contributed by atoms with Crippen LogP contribution in [0.4, 0.5) is 0 Å². The molecule has 2 fully saturated rings. The number of ether oxygens (including phenoxy) is 2. The van der Waals surface area contributed by atoms with Crippen molar-refractivity contribution in [3.05, 3.63) is 18.2 Å². The number of nitrogens with zero attached hydrogens (tertiary/aromatic N) is 4. The topological polar surface area (TPSA) is 458 Å². The van der Waals surface area contributed by atoms with Crippen LogP contribution in [0.25, 0.3) is 0 Å². The third kappa shape index (κ3) is 34.6. The molecule has 13 N–H and O–H groups in total. The zero-order chi connectivity index (χ0) is 68.3. The monoisotopic (exact) mass is 1320 g/mol. The van der Waals surface area contributed by atoms with E-state index < -0.39 is 127 Å². The van der Waals surface area contributed by atoms with Crippen LogP contribution in [0.15, 0.2) is 12.5 Å². The van der Waals surface area contributed by atoms with Crippen molar-refractivity contribution in [3.8, 4) is 0 Å². The number of hydrogen-bond acceptors (Lipinski definition) is 17. The maximum atomic E-state index is 14.3. The van der Waals surface area contributed by atoms with E-state index in [0.717, 1.165) is 56.3 Å². The summed E-state index contributed by atoms with van der Waals surface area (Å²) in [4.78, 5) is 177. The normalized spacial score (nSPS) is 15.8. The summed E-state index contributed by atoms with van der Waals surface area (Å²) in [6, 6.07) is -7.65. The van der Waals surface area contributed by atoms with Gasteiger partial charge in [0.25, 0.3) is 0 Å². The van der Waals surface area contributed by atoms with Gasteiger partial charge in [0.1, 0.15) is 42.9 Å². The molecule has 31 heteroatoms. The molecule has 0 spiro atoms. The minimum Gasteiger partial charge on any atom is -0.481 e. The predicted molar refractivity (Wildman–Crippen MR) is 335 cm³/mol. The van der Waals surface area contributed by atoms with E-state index in [-0.39, 0.29) is 109 Å². The smallest absolute Gasteiger partial charge is 0.317 e. The lowest BCUT2D eigenvalue weighted by Gasteiger charge is -2.31. The zero-order valence-electron chi connectivity index (χ0n) is 54.0. The molecule has 0 aliphatic carbocycles. The number of carbonyl (C=O) groups excluding carboxylic acids is 9. The van der Waals surface area contributed by atoms with Gasteiger partial charge >= 0.3 is 23.9 Å². The number of nitrogens with one attached hydrogen (secondary N) is 7. The molecule has 1 aromatic rings. The number of H-pyrrole nitrogens is 1. The lowest BCUT2D eigenvalue weighted by atomic mass is 10.0. The summed E-state index contributed by atoms with van der Waals surface area (Å²) in [6.45, 7) is 1.52. The number of nitrogens with two attached hydrogens (primary N) is 1. The first-order valence-corrected chi connectivity index (χ1v) is 32.9. The summed E-state index contributed by atoms with van der Waals surface area (Å²) >= 11 is 0. The Kier molecular flexibility index (Phi) is 39.5. The number of carbonyl (C=O) groups is 13. The van der Waals surface area contributed by atoms with Crippen molar-refractivity contribution in [2.24, 2.45) is 5.73 Å². The van der Waals surface area contributed by atoms with Crippen LogP contribution in [0.3, 0.4) is 0 Å². The zero-order valence-corrected chi connectivity index (χ0v) is 54.0. The Morgan fingerprint density at radius 1 is 0.559 bits per heavy atom. The second-order valence-corrected chi connectivity index (χ2v) is 23.8. The summed E-state index contributed by atoms with van der Waals surface area (Å²) in [5, 5.41) is 52.9. The summed E-state index contributed by atoms with van der Waals surface area (Å²) in [7, 11) is 0. The van der Waals surface area contributed by atoms with Crippen LogP contribution < -0.4 is 37.6 Å². The molecular weight excluding hydrogens is 1220 g/mol. The number of rotatable bonds is 53. The third-order valence-corrected chi connectivity index (χ3v) is 16.1. The fraction of sp³-hybridized carbons (Fsp3) is 0.742. The number of aromatic nitrogens is 2. The van der Waals surface area contributed by atoms with Crippen molar-refractivity contribution in [1.29, 1.82) is 0 Å². The maximum absolute atomic E-state index is 14.3. The largest absolute Gasteiger partial charge is 0.481 e. The number of likely N-dealkylation sites (tertiary alicyclic amines) is 2. The van der Waals surface area contributed by atoms with E-state index in [1.807, 2.05) is 0 Å². The van der Waals surface area contributed by atoms with Crippen LogP contribution in [0, 0.1) is 0 Å². The van der Waals surface area contributed by atoms with Crippen LogP contribution in [-0.2, 0) is 78.2 Å². The van der Waals surface area contributed by atoms with Gasteiger partial charge in [-0.05, 0) is 90.0 Å². The van der Waals surface area contributed by atoms with Gasteiger partial charge in [0.2, 0.25) is 53.2 Å². The van der Waals surface area contributed by atoms with Crippen molar-refractivity contribution in [1.82, 2.24) is 56.6 Å². The fourth-order valence-corrected chi connectivity index (χ4v) is 11.2. The van der Waals surface area contributed by atoms with Gasteiger partial charge in [-0.2, -0.15) is 0 Å². The van der Waals surface area contributed by atoms with Gasteiger partial charge in [0.05, 0.1) is 39.2 Å². The molecule has 0 aromatic carbocycles. The molecule has 0 saturated carbocycles. The Morgan fingerprint density at radius 3 is 1.65 bits per heavy atom. The molecule has 2 saturated heterocycles. The maximum Gasteiger partial charge on any atom is 0.317 e. The van der Waals surface area contributed by atoms with E-state index in [9.17, 15) is 77.6 Å². The minimum absolute atomic E-state index is 0.0137. The quantitative estimate of drug-likeness (QED) is 0.0408. The lowest BCUT2D eigenvalue weighted by Crippen LogP contribution is -2.59. The van der Waals surface area contributed by atoms with Gasteiger partial charge in [-0.1, -0.05) is 70.6 Å². The molecule has 1 aromatic heterocycles. The number of carboxylic acids is 4. The molecule has 3 rings (SSSR count). The van der Waals surface area contributed by atoms with Gasteiger partial charge in [-0.3, -0.25) is 67.2 Å². The SMILES string of the molecule is CC(=O)N1CCC[C@H]1C(=O)N1CCC[C@H]1C(=O)N[C@@H](Cc1cnc[nH]1)C(=O)N[C@@H](CCC(=O)O)C(=O)N[C@@H](CCCCN(CC(=O)O)CC(=O)O)C(=O)N[C@@H](CCCCNC(=O)COCCOCCNC(=O)CCCCCCCCCCCCCCCC(=O)O)C(N)=O. The van der Waals surface area contributed by atoms with Gasteiger partial charge in [0, 0.05) is 70.7 Å². The van der Waals surface area contributed by atoms with E-state index >= 15 is 0 Å². The Hall–Kier alpha value is -7.80. The highest BCUT2D eigenvalue weighted by Crippen LogP contribution is 2.26. The molecule has 9 amide bonds. The fourth-order valence-electron chi connectivity index (χ4n) is 11.2. The van der Waals surface area contributed by atoms with Crippen molar-refractivity contribution < 1.29 is 92.2 Å². The van der Waals surface area contributed by atoms with Crippen LogP contribution in [-0.4, -0.2) is 231 Å². The second-order valence-electron chi connectivity index (χ2n) is 23.8. The number of hydrogen-bond donors (Lipinski definition) is 12. The van der Waals surface area contributed by atoms with Crippen molar-refractivity contribution in [2.75, 3.05) is 72.2 Å². The number of amides is 9. The molecule has 0 radical (unpaired) electrons. The Bertz CT molecular complexity index is 2510. The summed E-state index contributed by atoms with van der Waals surface area (Å²) in [6.07, 6.45) is 18.4. The first-order valence-electron chi connectivity index (χ1n) is 32.9. The average Bonchev–Trinajstić information content (AvgIpc) is 1.74. The molecule has 3 heterocycles. The van der Waals surface area contributed by atoms with Crippen molar-refractivity contribution in [3.63, 3.8) is 0 Å². The predicted octanol–water partition coefficient (Wildman–Crippen LogP) is 1.26. The Balaban J connectivity index is 1.50. The molecule has 0 bridgehead atoms. The van der Waals surface area contributed by atoms with E-state index in [2.05, 4.69) is 41.9 Å². The highest BCUT2D eigenvalue weighted by atomic mass is 16.5. The van der Waals surface area contributed by atoms with Crippen LogP contribution in [0.2, 0.25) is 0 Å². The first kappa shape index (κ1) is 79.4. The van der Waals surface area contributed by atoms with E-state index in [1.54, 1.807) is 0 Å². The van der Waals surface area contributed by atoms with Gasteiger partial charge in [-0.15, -0.1) is 0 Å². The number of aliphatic carboxylic acids is 4. The number of carboxylic acid groups (broad SMARTS) is 4. The standard InChI is InChI=1S/C62H102N12O19/c1-43(75)73-32-20-24-50(73)62(91)74-33-19-23-49(74)61(90)71-48(37-44-38-64-42-67-44)60(89)70-47(27-28-54(80)81)59(88)69-46(22-16-18-31-72(39-55(82)83)40-56(84)85)58(87)68-45(57(63)86)21-15-17-29-65-52(77)41-93-36-35-92-34-30-66-51(76)25-13-11-9-7-5-3-2-4-6-8-10-12-14-26-53(78)79/h38,42,45-50H,2-37,39-41H2,1H3,(H2,63,86)(H,64,67)(H,65,77)(H,66,76)(H,68,87)(H,69,88)(H,70,89)(H,71,90)(H,78,79)(H,80,81)(H,82,83)(H,84,85)/t45-,46-,47-,48-,49-,50-/m0/s1. The summed E-state index contributed by atoms with van der Waals surface area (Å²) in [5.41, 5.74) is 6.09. The lowest BCUT2D eigenvalue weighted by molar-refractivity contribution is -0.146. The molecule has 93 heavy (non-hydrogen) atoms. The third-order valence-electron chi connectivity index (χ3n) is 16.1. The Morgan fingerprint density at radius 2 is 1.08 bits per heavy atom. The molecule has 2 aliphatic heterocycles. The van der Waals surface area contributed by atoms with Crippen molar-refractivity contribution >= 4 is 77.0 Å². The average molecular weight is 1320 g/mol. The van der Waals surface area contributed by atoms with Crippen LogP contribution in [0.5, 0.6) is 0 Å². The number of aromatic amines is 1. The molecule has 2 aliphatic rings. The summed E-state index contributed by atoms with van der Waals surface area (Å²) in [5.74, 6) is -10.3. The van der Waals surface area contributed by atoms with Crippen LogP contribution in [0.1, 0.15) is 186 Å². The number of imidazole rings is 1. The van der Waals surface area contributed by atoms with E-state index in [4.69, 9.17) is 20.3 Å². The molecule has 0 unspecified atom stereocenters. The Labute approximate surface area is 543 Å². The van der Waals surface area contributed by atoms with E-state index in [0.29, 0.717) is 50.9 Å². The van der Waals surface area contributed by atoms with Crippen molar-refractivity contribution in [2.45, 2.75) is 223 Å². The van der Waals surface area contributed by atoms with Gasteiger partial charge < -0.3 is 82.3 Å². The van der Waals surface area contributed by atoms with E-state index in [1.165, 1.54) is 61.4 Å². The molecule has 31 nitrogen and oxygen atoms in total. The first-order chi connectivity index (χ1) is 44.6. The molecule has 524 valence electrons. The molecular formula is C62H102N12O19. The summed E-state index contributed by atoms with van der Waals surface area (Å²) < 4.78 is 10.9. The highest BCUT2D eigenvalue weighted by Gasteiger charge is 2.42. The van der Waals surface area contributed by atoms with Gasteiger partial charge in [0.15, 0.2) is 0 Å². The minimum atomic E-state index is -1.65. The highest BCUT2D eigenvalue weighted by molar-refractivity contribution is 5.97. The van der Waals surface area contributed by atoms with Gasteiger partial charge in [-0.25, -0.2) is 4.98 Å². The second kappa shape index (κ2) is 46.3. The number of primary amides is 1. The molecule has 6 atom stereocenters.